The minimum atomic E-state index is 0.599. The highest BCUT2D eigenvalue weighted by Gasteiger charge is 2.20. The summed E-state index contributed by atoms with van der Waals surface area (Å²) in [7, 11) is 0. The lowest BCUT2D eigenvalue weighted by Gasteiger charge is -2.16. The number of benzene rings is 10. The average molecular weight is 816 g/mol. The highest BCUT2D eigenvalue weighted by molar-refractivity contribution is 6.15. The Labute approximate surface area is 368 Å². The van der Waals surface area contributed by atoms with Crippen LogP contribution in [0.1, 0.15) is 0 Å². The molecule has 0 aliphatic rings. The first-order valence-corrected chi connectivity index (χ1v) is 21.7. The molecule has 298 valence electrons. The summed E-state index contributed by atoms with van der Waals surface area (Å²) in [6, 6.07) is 79.9. The summed E-state index contributed by atoms with van der Waals surface area (Å²) >= 11 is 0. The van der Waals surface area contributed by atoms with E-state index in [-0.39, 0.29) is 0 Å². The zero-order chi connectivity index (χ0) is 42.1. The molecule has 0 aliphatic carbocycles. The predicted octanol–water partition coefficient (Wildman–Crippen LogP) is 15.0. The van der Waals surface area contributed by atoms with Gasteiger partial charge >= 0.3 is 0 Å². The second-order valence-electron chi connectivity index (χ2n) is 16.4. The molecule has 3 heterocycles. The van der Waals surface area contributed by atoms with Crippen LogP contribution in [-0.4, -0.2) is 24.1 Å². The fraction of sp³-hybridized carbons (Fsp3) is 0. The van der Waals surface area contributed by atoms with Gasteiger partial charge in [0.1, 0.15) is 0 Å². The molecule has 13 aromatic rings. The molecule has 0 unspecified atom stereocenters. The van der Waals surface area contributed by atoms with Gasteiger partial charge in [-0.15, -0.1) is 0 Å². The summed E-state index contributed by atoms with van der Waals surface area (Å²) < 4.78 is 4.72. The van der Waals surface area contributed by atoms with Crippen molar-refractivity contribution in [2.45, 2.75) is 0 Å². The van der Waals surface area contributed by atoms with E-state index in [1.165, 1.54) is 43.1 Å². The van der Waals surface area contributed by atoms with Gasteiger partial charge in [0.2, 0.25) is 0 Å². The Morgan fingerprint density at radius 2 is 0.719 bits per heavy atom. The highest BCUT2D eigenvalue weighted by atomic mass is 15.0. The summed E-state index contributed by atoms with van der Waals surface area (Å²) in [6.45, 7) is 0. The summed E-state index contributed by atoms with van der Waals surface area (Å²) in [5.74, 6) is 1.82. The third-order valence-corrected chi connectivity index (χ3v) is 12.7. The van der Waals surface area contributed by atoms with Crippen molar-refractivity contribution in [3.63, 3.8) is 0 Å². The number of hydrogen-bond donors (Lipinski definition) is 0. The fourth-order valence-corrected chi connectivity index (χ4v) is 9.83. The van der Waals surface area contributed by atoms with Gasteiger partial charge in [0.05, 0.1) is 22.1 Å². The van der Waals surface area contributed by atoms with Gasteiger partial charge in [-0.1, -0.05) is 164 Å². The Balaban J connectivity index is 1.10. The molecule has 0 aliphatic heterocycles. The van der Waals surface area contributed by atoms with E-state index in [2.05, 4.69) is 215 Å². The van der Waals surface area contributed by atoms with E-state index < -0.39 is 0 Å². The van der Waals surface area contributed by atoms with Crippen molar-refractivity contribution < 1.29 is 0 Å². The van der Waals surface area contributed by atoms with Crippen LogP contribution in [0, 0.1) is 0 Å². The molecule has 5 nitrogen and oxygen atoms in total. The van der Waals surface area contributed by atoms with Crippen molar-refractivity contribution in [3.05, 3.63) is 224 Å². The number of fused-ring (bicyclic) bond motifs is 9. The minimum Gasteiger partial charge on any atom is -0.309 e. The Morgan fingerprint density at radius 3 is 1.38 bits per heavy atom. The molecule has 0 spiro atoms. The Hall–Kier alpha value is -8.67. The van der Waals surface area contributed by atoms with E-state index in [1.807, 2.05) is 18.2 Å². The van der Waals surface area contributed by atoms with Crippen LogP contribution >= 0.6 is 0 Å². The molecule has 10 aromatic carbocycles. The third-order valence-electron chi connectivity index (χ3n) is 12.7. The van der Waals surface area contributed by atoms with Gasteiger partial charge in [0, 0.05) is 49.6 Å². The first kappa shape index (κ1) is 36.0. The van der Waals surface area contributed by atoms with Crippen LogP contribution in [0.3, 0.4) is 0 Å². The Bertz CT molecular complexity index is 3900. The third kappa shape index (κ3) is 5.75. The van der Waals surface area contributed by atoms with Crippen LogP contribution in [0.25, 0.3) is 122 Å². The van der Waals surface area contributed by atoms with Crippen molar-refractivity contribution in [2.75, 3.05) is 0 Å². The molecular formula is C59H37N5. The zero-order valence-corrected chi connectivity index (χ0v) is 34.6. The van der Waals surface area contributed by atoms with Crippen molar-refractivity contribution in [1.82, 2.24) is 24.1 Å². The van der Waals surface area contributed by atoms with Crippen molar-refractivity contribution in [2.24, 2.45) is 0 Å². The lowest BCUT2D eigenvalue weighted by molar-refractivity contribution is 1.07. The molecule has 0 radical (unpaired) electrons. The summed E-state index contributed by atoms with van der Waals surface area (Å²) in [5.41, 5.74) is 11.6. The van der Waals surface area contributed by atoms with Gasteiger partial charge in [-0.05, 0) is 93.3 Å². The van der Waals surface area contributed by atoms with Gasteiger partial charge in [-0.3, -0.25) is 0 Å². The van der Waals surface area contributed by atoms with Crippen molar-refractivity contribution >= 4 is 65.2 Å². The molecule has 64 heavy (non-hydrogen) atoms. The predicted molar refractivity (Wildman–Crippen MR) is 265 cm³/mol. The number of aromatic nitrogens is 5. The van der Waals surface area contributed by atoms with Gasteiger partial charge in [0.15, 0.2) is 17.5 Å². The number of para-hydroxylation sites is 4. The molecule has 0 bridgehead atoms. The summed E-state index contributed by atoms with van der Waals surface area (Å²) in [5, 5.41) is 9.62. The van der Waals surface area contributed by atoms with Gasteiger partial charge < -0.3 is 9.13 Å². The molecular weight excluding hydrogens is 779 g/mol. The minimum absolute atomic E-state index is 0.599. The smallest absolute Gasteiger partial charge is 0.164 e. The Kier molecular flexibility index (Phi) is 8.15. The van der Waals surface area contributed by atoms with E-state index in [0.717, 1.165) is 61.3 Å². The lowest BCUT2D eigenvalue weighted by atomic mass is 9.92. The van der Waals surface area contributed by atoms with Crippen LogP contribution in [0.15, 0.2) is 224 Å². The summed E-state index contributed by atoms with van der Waals surface area (Å²) in [4.78, 5) is 16.0. The van der Waals surface area contributed by atoms with Crippen LogP contribution in [0.5, 0.6) is 0 Å². The molecule has 0 fully saturated rings. The molecule has 0 saturated carbocycles. The van der Waals surface area contributed by atoms with Gasteiger partial charge in [-0.2, -0.15) is 0 Å². The molecule has 5 heteroatoms. The van der Waals surface area contributed by atoms with Gasteiger partial charge in [-0.25, -0.2) is 15.0 Å². The summed E-state index contributed by atoms with van der Waals surface area (Å²) in [6.07, 6.45) is 0. The number of hydrogen-bond acceptors (Lipinski definition) is 3. The largest absolute Gasteiger partial charge is 0.309 e. The standard InChI is InChI=1S/C59H37N5/c1-3-17-38(18-4-1)57-60-58(40-31-32-51-50-27-13-14-28-53(50)63(56(51)37-40)43-20-5-2-6-21-43)62-59(61-57)42-33-41(52-36-39-19-7-8-22-45(39)46-23-9-10-24-47(46)52)34-44(35-42)64-54-29-15-11-25-48(54)49-26-12-16-30-55(49)64/h1-37H. The topological polar surface area (TPSA) is 48.5 Å². The lowest BCUT2D eigenvalue weighted by Crippen LogP contribution is -2.02. The SMILES string of the molecule is c1ccc(-c2nc(-c3cc(-c4cc5ccccc5c5ccccc45)cc(-n4c5ccccc5c5ccccc54)c3)nc(-c3ccc4c5ccccc5n(-c5ccccc5)c4c3)n2)cc1. The average Bonchev–Trinajstić information content (AvgIpc) is 3.89. The van der Waals surface area contributed by atoms with Gasteiger partial charge in [0.25, 0.3) is 0 Å². The monoisotopic (exact) mass is 815 g/mol. The normalized spacial score (nSPS) is 11.8. The second kappa shape index (κ2) is 14.5. The Morgan fingerprint density at radius 1 is 0.250 bits per heavy atom. The number of nitrogens with zero attached hydrogens (tertiary/aromatic N) is 5. The van der Waals surface area contributed by atoms with E-state index in [4.69, 9.17) is 15.0 Å². The maximum Gasteiger partial charge on any atom is 0.164 e. The fourth-order valence-electron chi connectivity index (χ4n) is 9.83. The van der Waals surface area contributed by atoms with E-state index in [1.54, 1.807) is 0 Å². The van der Waals surface area contributed by atoms with Crippen molar-refractivity contribution in [3.8, 4) is 56.7 Å². The number of rotatable bonds is 6. The van der Waals surface area contributed by atoms with E-state index in [0.29, 0.717) is 17.5 Å². The van der Waals surface area contributed by atoms with E-state index in [9.17, 15) is 0 Å². The molecule has 0 atom stereocenters. The maximum absolute atomic E-state index is 5.42. The highest BCUT2D eigenvalue weighted by Crippen LogP contribution is 2.41. The molecule has 0 amide bonds. The first-order chi connectivity index (χ1) is 31.7. The van der Waals surface area contributed by atoms with Crippen molar-refractivity contribution in [1.29, 1.82) is 0 Å². The quantitative estimate of drug-likeness (QED) is 0.157. The van der Waals surface area contributed by atoms with E-state index >= 15 is 0 Å². The van der Waals surface area contributed by atoms with Crippen LogP contribution < -0.4 is 0 Å². The molecule has 13 rings (SSSR count). The van der Waals surface area contributed by atoms with Crippen LogP contribution in [-0.2, 0) is 0 Å². The molecule has 3 aromatic heterocycles. The van der Waals surface area contributed by atoms with Crippen LogP contribution in [0.4, 0.5) is 0 Å². The van der Waals surface area contributed by atoms with Crippen LogP contribution in [0.2, 0.25) is 0 Å². The molecule has 0 N–H and O–H groups in total. The zero-order valence-electron chi connectivity index (χ0n) is 34.6. The maximum atomic E-state index is 5.42. The molecule has 0 saturated heterocycles. The first-order valence-electron chi connectivity index (χ1n) is 21.7. The second-order valence-corrected chi connectivity index (χ2v) is 16.4.